The van der Waals surface area contributed by atoms with Gasteiger partial charge in [0.05, 0.1) is 12.2 Å². The van der Waals surface area contributed by atoms with Crippen LogP contribution in [0.1, 0.15) is 113 Å². The second-order valence-electron chi connectivity index (χ2n) is 13.2. The van der Waals surface area contributed by atoms with Gasteiger partial charge >= 0.3 is 0 Å². The third-order valence-electron chi connectivity index (χ3n) is 11.3. The largest absolute Gasteiger partial charge is 0.393 e. The molecule has 0 saturated heterocycles. The van der Waals surface area contributed by atoms with Crippen molar-refractivity contribution < 1.29 is 10.2 Å². The molecule has 0 bridgehead atoms. The number of hydrogen-bond donors (Lipinski definition) is 2. The van der Waals surface area contributed by atoms with Crippen molar-refractivity contribution in [2.24, 2.45) is 33.5 Å². The average molecular weight is 429 g/mol. The summed E-state index contributed by atoms with van der Waals surface area (Å²) in [4.78, 5) is 0. The zero-order valence-corrected chi connectivity index (χ0v) is 21.4. The molecule has 31 heavy (non-hydrogen) atoms. The van der Waals surface area contributed by atoms with Crippen molar-refractivity contribution in [3.8, 4) is 0 Å². The Morgan fingerprint density at radius 3 is 2.35 bits per heavy atom. The highest BCUT2D eigenvalue weighted by atomic mass is 16.3. The first-order valence-electron chi connectivity index (χ1n) is 13.1. The van der Waals surface area contributed by atoms with Crippen molar-refractivity contribution in [2.75, 3.05) is 0 Å². The van der Waals surface area contributed by atoms with Crippen molar-refractivity contribution in [2.45, 2.75) is 125 Å². The maximum absolute atomic E-state index is 10.8. The summed E-state index contributed by atoms with van der Waals surface area (Å²) in [5.74, 6) is 1.33. The number of rotatable bonds is 4. The topological polar surface area (TPSA) is 40.5 Å². The summed E-state index contributed by atoms with van der Waals surface area (Å²) >= 11 is 0. The Bertz CT molecular complexity index is 772. The molecule has 4 aliphatic carbocycles. The van der Waals surface area contributed by atoms with Crippen LogP contribution in [0.2, 0.25) is 0 Å². The lowest BCUT2D eigenvalue weighted by Gasteiger charge is -2.62. The normalized spacial score (nSPS) is 44.9. The monoisotopic (exact) mass is 428 g/mol. The van der Waals surface area contributed by atoms with Crippen LogP contribution in [0.3, 0.4) is 0 Å². The van der Waals surface area contributed by atoms with Gasteiger partial charge in [-0.05, 0) is 112 Å². The van der Waals surface area contributed by atoms with Gasteiger partial charge in [0.1, 0.15) is 0 Å². The highest BCUT2D eigenvalue weighted by Gasteiger charge is 2.62. The van der Waals surface area contributed by atoms with E-state index >= 15 is 0 Å². The van der Waals surface area contributed by atoms with E-state index in [1.807, 2.05) is 11.6 Å². The minimum absolute atomic E-state index is 0.0203. The molecule has 0 aromatic rings. The number of allylic oxidation sites excluding steroid dienone is 3. The van der Waals surface area contributed by atoms with E-state index < -0.39 is 0 Å². The molecule has 2 N–H and O–H groups in total. The molecule has 4 aliphatic rings. The van der Waals surface area contributed by atoms with E-state index in [2.05, 4.69) is 48.5 Å². The van der Waals surface area contributed by atoms with Gasteiger partial charge in [-0.1, -0.05) is 57.4 Å². The fraction of sp³-hybridized carbons (Fsp3) is 0.862. The van der Waals surface area contributed by atoms with Gasteiger partial charge in [0.2, 0.25) is 0 Å². The van der Waals surface area contributed by atoms with E-state index in [9.17, 15) is 10.2 Å². The van der Waals surface area contributed by atoms with Gasteiger partial charge in [-0.15, -0.1) is 0 Å². The number of hydrogen-bond acceptors (Lipinski definition) is 2. The van der Waals surface area contributed by atoms with E-state index in [0.717, 1.165) is 31.6 Å². The summed E-state index contributed by atoms with van der Waals surface area (Å²) in [5, 5.41) is 21.2. The lowest BCUT2D eigenvalue weighted by atomic mass is 9.43. The third-order valence-corrected chi connectivity index (χ3v) is 11.3. The number of fused-ring (bicyclic) bond motifs is 4. The van der Waals surface area contributed by atoms with Crippen LogP contribution in [-0.2, 0) is 0 Å². The Balaban J connectivity index is 1.62. The van der Waals surface area contributed by atoms with Crippen LogP contribution in [0, 0.1) is 33.5 Å². The maximum atomic E-state index is 10.8. The molecule has 0 radical (unpaired) electrons. The molecule has 4 rings (SSSR count). The van der Waals surface area contributed by atoms with Crippen molar-refractivity contribution in [3.63, 3.8) is 0 Å². The minimum atomic E-state index is -0.288. The van der Waals surface area contributed by atoms with Gasteiger partial charge in [-0.3, -0.25) is 0 Å². The number of aliphatic hydroxyl groups is 2. The first-order chi connectivity index (χ1) is 14.4. The Hall–Kier alpha value is -0.600. The lowest BCUT2D eigenvalue weighted by Crippen LogP contribution is -2.54. The van der Waals surface area contributed by atoms with Gasteiger partial charge in [-0.2, -0.15) is 0 Å². The summed E-state index contributed by atoms with van der Waals surface area (Å²) < 4.78 is 0. The second kappa shape index (κ2) is 7.73. The van der Waals surface area contributed by atoms with E-state index in [1.165, 1.54) is 44.1 Å². The Morgan fingerprint density at radius 1 is 0.968 bits per heavy atom. The van der Waals surface area contributed by atoms with Crippen molar-refractivity contribution in [1.29, 1.82) is 0 Å². The molecule has 2 fully saturated rings. The highest BCUT2D eigenvalue weighted by Crippen LogP contribution is 2.72. The minimum Gasteiger partial charge on any atom is -0.393 e. The Morgan fingerprint density at radius 2 is 1.68 bits per heavy atom. The predicted molar refractivity (Wildman–Crippen MR) is 130 cm³/mol. The third kappa shape index (κ3) is 3.41. The van der Waals surface area contributed by atoms with Crippen LogP contribution >= 0.6 is 0 Å². The van der Waals surface area contributed by atoms with E-state index in [0.29, 0.717) is 16.7 Å². The first-order valence-corrected chi connectivity index (χ1v) is 13.1. The smallest absolute Gasteiger partial charge is 0.0723 e. The molecule has 0 aromatic heterocycles. The van der Waals surface area contributed by atoms with Crippen molar-refractivity contribution in [1.82, 2.24) is 0 Å². The number of aliphatic hydroxyl groups excluding tert-OH is 2. The molecule has 0 aromatic carbocycles. The molecule has 0 amide bonds. The Kier molecular flexibility index (Phi) is 5.87. The molecule has 2 nitrogen and oxygen atoms in total. The second-order valence-corrected chi connectivity index (χ2v) is 13.2. The van der Waals surface area contributed by atoms with Crippen molar-refractivity contribution >= 4 is 0 Å². The highest BCUT2D eigenvalue weighted by molar-refractivity contribution is 5.38. The van der Waals surface area contributed by atoms with Gasteiger partial charge in [-0.25, -0.2) is 0 Å². The molecular weight excluding hydrogens is 380 g/mol. The molecule has 0 heterocycles. The molecule has 0 spiro atoms. The Labute approximate surface area is 191 Å². The van der Waals surface area contributed by atoms with E-state index in [4.69, 9.17) is 0 Å². The van der Waals surface area contributed by atoms with Crippen LogP contribution in [-0.4, -0.2) is 22.4 Å². The van der Waals surface area contributed by atoms with Gasteiger partial charge in [0.25, 0.3) is 0 Å². The lowest BCUT2D eigenvalue weighted by molar-refractivity contribution is -0.0957. The van der Waals surface area contributed by atoms with Crippen LogP contribution in [0.4, 0.5) is 0 Å². The summed E-state index contributed by atoms with van der Waals surface area (Å²) in [6.07, 6.45) is 13.4. The fourth-order valence-corrected chi connectivity index (χ4v) is 9.10. The van der Waals surface area contributed by atoms with Crippen LogP contribution < -0.4 is 0 Å². The van der Waals surface area contributed by atoms with Crippen LogP contribution in [0.15, 0.2) is 22.8 Å². The SMILES string of the molecule is CC(C)=CC(O)CCC1CC[C@@]2(C)C3=C(CC[C@]12C)[C@@]1(C)CC[C@H](O)C(C)(C)C1CC3. The fourth-order valence-electron chi connectivity index (χ4n) is 9.10. The molecule has 3 unspecified atom stereocenters. The van der Waals surface area contributed by atoms with Crippen molar-refractivity contribution in [3.05, 3.63) is 22.8 Å². The van der Waals surface area contributed by atoms with Crippen LogP contribution in [0.25, 0.3) is 0 Å². The molecular formula is C29H48O2. The molecule has 7 atom stereocenters. The standard InChI is InChI=1S/C29H48O2/c1-19(2)18-21(30)9-8-20-12-16-29(7)23-10-11-24-26(3,4)25(31)14-15-27(24,5)22(23)13-17-28(20,29)6/h18,20-21,24-25,30-31H,8-17H2,1-7H3/t20?,21?,24?,25-,27+,28+,29-/m0/s1. The summed E-state index contributed by atoms with van der Waals surface area (Å²) in [6.45, 7) is 16.5. The summed E-state index contributed by atoms with van der Waals surface area (Å²) in [7, 11) is 0. The maximum Gasteiger partial charge on any atom is 0.0723 e. The zero-order valence-electron chi connectivity index (χ0n) is 21.4. The van der Waals surface area contributed by atoms with Crippen LogP contribution in [0.5, 0.6) is 0 Å². The first kappa shape index (κ1) is 23.6. The average Bonchev–Trinajstić information content (AvgIpc) is 2.94. The molecule has 2 heteroatoms. The van der Waals surface area contributed by atoms with Gasteiger partial charge < -0.3 is 10.2 Å². The predicted octanol–water partition coefficient (Wildman–Crippen LogP) is 7.20. The zero-order chi connectivity index (χ0) is 22.8. The van der Waals surface area contributed by atoms with Gasteiger partial charge in [0, 0.05) is 0 Å². The molecule has 176 valence electrons. The molecule has 0 aliphatic heterocycles. The quantitative estimate of drug-likeness (QED) is 0.465. The van der Waals surface area contributed by atoms with E-state index in [1.54, 1.807) is 5.57 Å². The summed E-state index contributed by atoms with van der Waals surface area (Å²) in [5.41, 5.74) is 5.82. The van der Waals surface area contributed by atoms with Gasteiger partial charge in [0.15, 0.2) is 0 Å². The molecule has 2 saturated carbocycles. The van der Waals surface area contributed by atoms with E-state index in [-0.39, 0.29) is 23.0 Å². The summed E-state index contributed by atoms with van der Waals surface area (Å²) in [6, 6.07) is 0.